The van der Waals surface area contributed by atoms with E-state index in [0.717, 1.165) is 21.1 Å². The molecule has 1 aliphatic rings. The zero-order chi connectivity index (χ0) is 19.0. The van der Waals surface area contributed by atoms with Gasteiger partial charge in [-0.25, -0.2) is 9.78 Å². The van der Waals surface area contributed by atoms with Crippen molar-refractivity contribution in [3.05, 3.63) is 35.2 Å². The Balaban J connectivity index is 1.42. The monoisotopic (exact) mass is 403 g/mol. The van der Waals surface area contributed by atoms with Gasteiger partial charge in [0, 0.05) is 13.1 Å². The molecule has 27 heavy (non-hydrogen) atoms. The van der Waals surface area contributed by atoms with Gasteiger partial charge in [0.25, 0.3) is 0 Å². The highest BCUT2D eigenvalue weighted by atomic mass is 32.1. The molecule has 1 amide bonds. The number of fused-ring (bicyclic) bond motifs is 1. The first-order valence-corrected chi connectivity index (χ1v) is 9.95. The molecule has 0 spiro atoms. The Labute approximate surface area is 163 Å². The minimum Gasteiger partial charge on any atom is -0.494 e. The van der Waals surface area contributed by atoms with Gasteiger partial charge in [0.2, 0.25) is 5.91 Å². The average molecular weight is 403 g/mol. The molecule has 0 atom stereocenters. The molecule has 1 aliphatic heterocycles. The molecule has 1 N–H and O–H groups in total. The van der Waals surface area contributed by atoms with Crippen LogP contribution in [-0.2, 0) is 9.53 Å². The number of anilines is 2. The van der Waals surface area contributed by atoms with Gasteiger partial charge in [0.1, 0.15) is 16.3 Å². The third-order valence-electron chi connectivity index (χ3n) is 4.42. The second-order valence-corrected chi connectivity index (χ2v) is 7.97. The molecule has 3 heterocycles. The summed E-state index contributed by atoms with van der Waals surface area (Å²) in [5, 5.41) is 6.00. The summed E-state index contributed by atoms with van der Waals surface area (Å²) >= 11 is 2.89. The quantitative estimate of drug-likeness (QED) is 0.659. The Morgan fingerprint density at radius 1 is 1.26 bits per heavy atom. The number of esters is 1. The molecule has 1 saturated heterocycles. The Morgan fingerprint density at radius 3 is 2.81 bits per heavy atom. The molecule has 0 unspecified atom stereocenters. The molecule has 0 bridgehead atoms. The SMILES string of the molecule is COC(=O)c1ccsc1NC(=O)C1CN(c2nc3c(OC)cccc3s2)C1. The number of rotatable bonds is 5. The van der Waals surface area contributed by atoms with E-state index in [1.54, 1.807) is 29.9 Å². The van der Waals surface area contributed by atoms with Crippen molar-refractivity contribution in [1.82, 2.24) is 4.98 Å². The number of hydrogen-bond acceptors (Lipinski definition) is 8. The fraction of sp³-hybridized carbons (Fsp3) is 0.278. The van der Waals surface area contributed by atoms with E-state index in [4.69, 9.17) is 9.47 Å². The topological polar surface area (TPSA) is 80.8 Å². The number of para-hydroxylation sites is 1. The zero-order valence-electron chi connectivity index (χ0n) is 14.7. The number of carbonyl (C=O) groups excluding carboxylic acids is 2. The molecule has 4 rings (SSSR count). The predicted molar refractivity (Wildman–Crippen MR) is 106 cm³/mol. The lowest BCUT2D eigenvalue weighted by atomic mass is 10.0. The second kappa shape index (κ2) is 7.16. The van der Waals surface area contributed by atoms with Crippen LogP contribution in [0.1, 0.15) is 10.4 Å². The fourth-order valence-electron chi connectivity index (χ4n) is 2.90. The summed E-state index contributed by atoms with van der Waals surface area (Å²) in [5.74, 6) is 0.0482. The van der Waals surface area contributed by atoms with Gasteiger partial charge >= 0.3 is 5.97 Å². The molecular weight excluding hydrogens is 386 g/mol. The number of nitrogens with zero attached hydrogens (tertiary/aromatic N) is 2. The number of amides is 1. The first kappa shape index (κ1) is 17.7. The number of carbonyl (C=O) groups is 2. The summed E-state index contributed by atoms with van der Waals surface area (Å²) in [6, 6.07) is 7.48. The molecule has 0 saturated carbocycles. The normalized spacial score (nSPS) is 14.1. The number of nitrogens with one attached hydrogen (secondary N) is 1. The standard InChI is InChI=1S/C18H17N3O4S2/c1-24-12-4-3-5-13-14(12)19-18(27-13)21-8-10(9-21)15(22)20-16-11(6-7-26-16)17(23)25-2/h3-7,10H,8-9H2,1-2H3,(H,20,22). The average Bonchev–Trinajstić information content (AvgIpc) is 3.26. The van der Waals surface area contributed by atoms with Crippen molar-refractivity contribution < 1.29 is 19.1 Å². The van der Waals surface area contributed by atoms with Crippen molar-refractivity contribution >= 4 is 54.9 Å². The lowest BCUT2D eigenvalue weighted by molar-refractivity contribution is -0.120. The highest BCUT2D eigenvalue weighted by Crippen LogP contribution is 2.37. The zero-order valence-corrected chi connectivity index (χ0v) is 16.4. The van der Waals surface area contributed by atoms with Crippen LogP contribution < -0.4 is 15.0 Å². The molecule has 3 aromatic rings. The van der Waals surface area contributed by atoms with Gasteiger partial charge in [0.15, 0.2) is 5.13 Å². The van der Waals surface area contributed by atoms with Gasteiger partial charge in [-0.1, -0.05) is 17.4 Å². The van der Waals surface area contributed by atoms with Gasteiger partial charge < -0.3 is 19.7 Å². The molecule has 0 radical (unpaired) electrons. The maximum atomic E-state index is 12.5. The van der Waals surface area contributed by atoms with Gasteiger partial charge in [-0.2, -0.15) is 0 Å². The smallest absolute Gasteiger partial charge is 0.340 e. The third-order valence-corrected chi connectivity index (χ3v) is 6.33. The van der Waals surface area contributed by atoms with Gasteiger partial charge in [0.05, 0.1) is 30.4 Å². The van der Waals surface area contributed by atoms with E-state index in [0.29, 0.717) is 23.7 Å². The molecular formula is C18H17N3O4S2. The molecule has 2 aromatic heterocycles. The number of hydrogen-bond donors (Lipinski definition) is 1. The van der Waals surface area contributed by atoms with Crippen LogP contribution in [0, 0.1) is 5.92 Å². The van der Waals surface area contributed by atoms with Crippen LogP contribution in [0.3, 0.4) is 0 Å². The number of thiophene rings is 1. The number of aromatic nitrogens is 1. The number of methoxy groups -OCH3 is 2. The minimum atomic E-state index is -0.454. The Hall–Kier alpha value is -2.65. The van der Waals surface area contributed by atoms with Crippen LogP contribution in [0.15, 0.2) is 29.6 Å². The van der Waals surface area contributed by atoms with E-state index in [9.17, 15) is 9.59 Å². The van der Waals surface area contributed by atoms with Gasteiger partial charge in [-0.05, 0) is 23.6 Å². The summed E-state index contributed by atoms with van der Waals surface area (Å²) in [5.41, 5.74) is 1.22. The predicted octanol–water partition coefficient (Wildman–Crippen LogP) is 3.23. The summed E-state index contributed by atoms with van der Waals surface area (Å²) in [6.45, 7) is 1.18. The highest BCUT2D eigenvalue weighted by molar-refractivity contribution is 7.22. The van der Waals surface area contributed by atoms with Crippen molar-refractivity contribution in [3.8, 4) is 5.75 Å². The van der Waals surface area contributed by atoms with Crippen LogP contribution in [0.4, 0.5) is 10.1 Å². The number of thiazole rings is 1. The highest BCUT2D eigenvalue weighted by Gasteiger charge is 2.35. The van der Waals surface area contributed by atoms with Crippen molar-refractivity contribution in [2.75, 3.05) is 37.5 Å². The van der Waals surface area contributed by atoms with Crippen molar-refractivity contribution in [2.45, 2.75) is 0 Å². The van der Waals surface area contributed by atoms with Crippen LogP contribution in [0.25, 0.3) is 10.2 Å². The maximum Gasteiger partial charge on any atom is 0.340 e. The molecule has 140 valence electrons. The Morgan fingerprint density at radius 2 is 2.07 bits per heavy atom. The second-order valence-electron chi connectivity index (χ2n) is 6.05. The Bertz CT molecular complexity index is 1010. The first-order chi connectivity index (χ1) is 13.1. The van der Waals surface area contributed by atoms with E-state index < -0.39 is 5.97 Å². The van der Waals surface area contributed by atoms with Gasteiger partial charge in [-0.3, -0.25) is 4.79 Å². The fourth-order valence-corrected chi connectivity index (χ4v) is 4.68. The lowest BCUT2D eigenvalue weighted by Gasteiger charge is -2.37. The van der Waals surface area contributed by atoms with Crippen LogP contribution in [0.2, 0.25) is 0 Å². The van der Waals surface area contributed by atoms with E-state index in [-0.39, 0.29) is 11.8 Å². The van der Waals surface area contributed by atoms with E-state index in [2.05, 4.69) is 15.2 Å². The van der Waals surface area contributed by atoms with Gasteiger partial charge in [-0.15, -0.1) is 11.3 Å². The summed E-state index contributed by atoms with van der Waals surface area (Å²) < 4.78 is 11.1. The summed E-state index contributed by atoms with van der Waals surface area (Å²) in [6.07, 6.45) is 0. The van der Waals surface area contributed by atoms with E-state index >= 15 is 0 Å². The van der Waals surface area contributed by atoms with Crippen LogP contribution in [-0.4, -0.2) is 44.2 Å². The molecule has 7 nitrogen and oxygen atoms in total. The third kappa shape index (κ3) is 3.24. The lowest BCUT2D eigenvalue weighted by Crippen LogP contribution is -2.52. The first-order valence-electron chi connectivity index (χ1n) is 8.26. The van der Waals surface area contributed by atoms with Crippen LogP contribution >= 0.6 is 22.7 Å². The van der Waals surface area contributed by atoms with Crippen molar-refractivity contribution in [3.63, 3.8) is 0 Å². The summed E-state index contributed by atoms with van der Waals surface area (Å²) in [7, 11) is 2.95. The molecule has 0 aliphatic carbocycles. The molecule has 1 aromatic carbocycles. The molecule has 9 heteroatoms. The Kier molecular flexibility index (Phi) is 4.71. The summed E-state index contributed by atoms with van der Waals surface area (Å²) in [4.78, 5) is 30.9. The van der Waals surface area contributed by atoms with Crippen molar-refractivity contribution in [1.29, 1.82) is 0 Å². The van der Waals surface area contributed by atoms with Crippen LogP contribution in [0.5, 0.6) is 5.75 Å². The van der Waals surface area contributed by atoms with E-state index in [1.807, 2.05) is 18.2 Å². The molecule has 1 fully saturated rings. The largest absolute Gasteiger partial charge is 0.494 e. The number of ether oxygens (including phenoxy) is 2. The maximum absolute atomic E-state index is 12.5. The number of benzene rings is 1. The van der Waals surface area contributed by atoms with E-state index in [1.165, 1.54) is 18.4 Å². The minimum absolute atomic E-state index is 0.0995. The van der Waals surface area contributed by atoms with Crippen molar-refractivity contribution in [2.24, 2.45) is 5.92 Å².